The molecule has 11 nitrogen and oxygen atoms in total. The van der Waals surface area contributed by atoms with Crippen LogP contribution in [0, 0.1) is 5.41 Å². The highest BCUT2D eigenvalue weighted by molar-refractivity contribution is 7.89. The molecule has 0 bridgehead atoms. The van der Waals surface area contributed by atoms with E-state index in [2.05, 4.69) is 5.32 Å². The molecule has 1 amide bonds. The van der Waals surface area contributed by atoms with E-state index in [-0.39, 0.29) is 31.2 Å². The molecule has 2 N–H and O–H groups in total. The normalized spacial score (nSPS) is 17.8. The summed E-state index contributed by atoms with van der Waals surface area (Å²) in [5.41, 5.74) is -0.424. The number of fused-ring (bicyclic) bond motifs is 1. The van der Waals surface area contributed by atoms with Crippen LogP contribution in [0.5, 0.6) is 11.5 Å². The van der Waals surface area contributed by atoms with Crippen LogP contribution in [0.3, 0.4) is 0 Å². The first-order chi connectivity index (χ1) is 20.6. The Morgan fingerprint density at radius 2 is 1.70 bits per heavy atom. The summed E-state index contributed by atoms with van der Waals surface area (Å²) in [5.74, 6) is 0.0728. The second-order valence-electron chi connectivity index (χ2n) is 13.3. The average molecular weight is 635 g/mol. The zero-order valence-electron chi connectivity index (χ0n) is 26.5. The molecule has 1 saturated heterocycles. The SMILES string of the molecule is CC(C)(CCC1(C)OCCO1)CN(C[C@@H](O)[C@H](Cc1ccccc1)NC(=O)OC(C)(C)C)S(=O)(=O)c1ccc2c(c1)OCO2. The molecule has 0 saturated carbocycles. The number of carbonyl (C=O) groups is 1. The van der Waals surface area contributed by atoms with Gasteiger partial charge in [-0.15, -0.1) is 0 Å². The molecular weight excluding hydrogens is 588 g/mol. The summed E-state index contributed by atoms with van der Waals surface area (Å²) in [6.07, 6.45) is -0.558. The fourth-order valence-electron chi connectivity index (χ4n) is 5.20. The van der Waals surface area contributed by atoms with Crippen molar-refractivity contribution in [1.29, 1.82) is 0 Å². The van der Waals surface area contributed by atoms with Crippen molar-refractivity contribution in [2.45, 2.75) is 89.2 Å². The first kappa shape index (κ1) is 34.0. The predicted molar refractivity (Wildman–Crippen MR) is 164 cm³/mol. The number of nitrogens with zero attached hydrogens (tertiary/aromatic N) is 1. The first-order valence-corrected chi connectivity index (χ1v) is 16.4. The number of sulfonamides is 1. The highest BCUT2D eigenvalue weighted by Crippen LogP contribution is 2.37. The van der Waals surface area contributed by atoms with E-state index in [1.54, 1.807) is 26.8 Å². The van der Waals surface area contributed by atoms with Gasteiger partial charge in [-0.25, -0.2) is 13.2 Å². The van der Waals surface area contributed by atoms with Crippen molar-refractivity contribution in [2.75, 3.05) is 33.1 Å². The van der Waals surface area contributed by atoms with Crippen molar-refractivity contribution < 1.29 is 42.0 Å². The van der Waals surface area contributed by atoms with Gasteiger partial charge in [0.2, 0.25) is 16.8 Å². The Kier molecular flexibility index (Phi) is 10.5. The summed E-state index contributed by atoms with van der Waals surface area (Å²) in [6.45, 7) is 11.9. The molecule has 2 atom stereocenters. The van der Waals surface area contributed by atoms with E-state index in [1.807, 2.05) is 51.1 Å². The third-order valence-corrected chi connectivity index (χ3v) is 9.40. The molecule has 4 rings (SSSR count). The summed E-state index contributed by atoms with van der Waals surface area (Å²) in [5, 5.41) is 14.4. The molecule has 0 aromatic heterocycles. The summed E-state index contributed by atoms with van der Waals surface area (Å²) in [6, 6.07) is 13.0. The Hall–Kier alpha value is -2.90. The number of nitrogens with one attached hydrogen (secondary N) is 1. The number of aliphatic hydroxyl groups excluding tert-OH is 1. The van der Waals surface area contributed by atoms with Gasteiger partial charge >= 0.3 is 6.09 Å². The molecule has 0 radical (unpaired) electrons. The van der Waals surface area contributed by atoms with Crippen molar-refractivity contribution in [3.8, 4) is 11.5 Å². The molecule has 2 aliphatic rings. The number of hydrogen-bond donors (Lipinski definition) is 2. The Balaban J connectivity index is 1.61. The number of rotatable bonds is 13. The van der Waals surface area contributed by atoms with Crippen molar-refractivity contribution >= 4 is 16.1 Å². The smallest absolute Gasteiger partial charge is 0.407 e. The highest BCUT2D eigenvalue weighted by atomic mass is 32.2. The van der Waals surface area contributed by atoms with Crippen molar-refractivity contribution in [1.82, 2.24) is 9.62 Å². The molecular formula is C32H46N2O9S. The molecule has 2 aromatic carbocycles. The zero-order valence-corrected chi connectivity index (χ0v) is 27.3. The summed E-state index contributed by atoms with van der Waals surface area (Å²) in [4.78, 5) is 12.8. The zero-order chi connectivity index (χ0) is 32.2. The van der Waals surface area contributed by atoms with Crippen LogP contribution in [0.15, 0.2) is 53.4 Å². The van der Waals surface area contributed by atoms with Crippen LogP contribution in [-0.4, -0.2) is 80.6 Å². The van der Waals surface area contributed by atoms with E-state index in [9.17, 15) is 18.3 Å². The molecule has 0 spiro atoms. The van der Waals surface area contributed by atoms with E-state index in [1.165, 1.54) is 16.4 Å². The molecule has 0 unspecified atom stereocenters. The van der Waals surface area contributed by atoms with Crippen LogP contribution in [-0.2, 0) is 30.7 Å². The minimum Gasteiger partial charge on any atom is -0.454 e. The Morgan fingerprint density at radius 3 is 2.36 bits per heavy atom. The van der Waals surface area contributed by atoms with Crippen LogP contribution in [0.25, 0.3) is 0 Å². The number of ether oxygens (including phenoxy) is 5. The highest BCUT2D eigenvalue weighted by Gasteiger charge is 2.38. The Bertz CT molecular complexity index is 1370. The molecule has 12 heteroatoms. The minimum absolute atomic E-state index is 0.00864. The van der Waals surface area contributed by atoms with E-state index in [0.29, 0.717) is 37.6 Å². The van der Waals surface area contributed by atoms with Gasteiger partial charge in [-0.2, -0.15) is 4.31 Å². The molecule has 2 aliphatic heterocycles. The van der Waals surface area contributed by atoms with Crippen LogP contribution < -0.4 is 14.8 Å². The maximum atomic E-state index is 14.2. The van der Waals surface area contributed by atoms with Gasteiger partial charge in [-0.1, -0.05) is 44.2 Å². The number of benzene rings is 2. The molecule has 0 aliphatic carbocycles. The quantitative estimate of drug-likeness (QED) is 0.327. The Morgan fingerprint density at radius 1 is 1.05 bits per heavy atom. The number of alkyl carbamates (subject to hydrolysis) is 1. The summed E-state index contributed by atoms with van der Waals surface area (Å²) in [7, 11) is -4.14. The van der Waals surface area contributed by atoms with Crippen LogP contribution in [0.2, 0.25) is 0 Å². The van der Waals surface area contributed by atoms with Crippen molar-refractivity contribution in [3.63, 3.8) is 0 Å². The molecule has 1 fully saturated rings. The topological polar surface area (TPSA) is 133 Å². The monoisotopic (exact) mass is 634 g/mol. The average Bonchev–Trinajstić information content (AvgIpc) is 3.59. The van der Waals surface area contributed by atoms with Gasteiger partial charge in [0.25, 0.3) is 0 Å². The van der Waals surface area contributed by atoms with Gasteiger partial charge in [0.1, 0.15) is 5.60 Å². The number of carbonyl (C=O) groups excluding carboxylic acids is 1. The predicted octanol–water partition coefficient (Wildman–Crippen LogP) is 4.47. The lowest BCUT2D eigenvalue weighted by atomic mass is 9.86. The third kappa shape index (κ3) is 9.31. The van der Waals surface area contributed by atoms with Gasteiger partial charge < -0.3 is 34.1 Å². The van der Waals surface area contributed by atoms with Gasteiger partial charge in [0, 0.05) is 25.6 Å². The molecule has 2 heterocycles. The van der Waals surface area contributed by atoms with E-state index in [0.717, 1.165) is 5.56 Å². The lowest BCUT2D eigenvalue weighted by molar-refractivity contribution is -0.151. The largest absolute Gasteiger partial charge is 0.454 e. The fourth-order valence-corrected chi connectivity index (χ4v) is 6.87. The lowest BCUT2D eigenvalue weighted by Gasteiger charge is -2.36. The van der Waals surface area contributed by atoms with Gasteiger partial charge in [-0.3, -0.25) is 0 Å². The maximum Gasteiger partial charge on any atom is 0.407 e. The van der Waals surface area contributed by atoms with Crippen molar-refractivity contribution in [3.05, 3.63) is 54.1 Å². The third-order valence-electron chi connectivity index (χ3n) is 7.60. The second-order valence-corrected chi connectivity index (χ2v) is 15.3. The van der Waals surface area contributed by atoms with E-state index < -0.39 is 45.1 Å². The lowest BCUT2D eigenvalue weighted by Crippen LogP contribution is -2.52. The van der Waals surface area contributed by atoms with Gasteiger partial charge in [-0.05, 0) is 63.6 Å². The van der Waals surface area contributed by atoms with Crippen LogP contribution in [0.1, 0.15) is 59.9 Å². The van der Waals surface area contributed by atoms with Crippen LogP contribution in [0.4, 0.5) is 4.79 Å². The van der Waals surface area contributed by atoms with Crippen molar-refractivity contribution in [2.24, 2.45) is 5.41 Å². The summed E-state index contributed by atoms with van der Waals surface area (Å²) >= 11 is 0. The minimum atomic E-state index is -4.14. The molecule has 44 heavy (non-hydrogen) atoms. The number of amides is 1. The fraction of sp³-hybridized carbons (Fsp3) is 0.594. The number of aliphatic hydroxyl groups is 1. The van der Waals surface area contributed by atoms with E-state index in [4.69, 9.17) is 23.7 Å². The van der Waals surface area contributed by atoms with E-state index >= 15 is 0 Å². The first-order valence-electron chi connectivity index (χ1n) is 14.9. The number of hydrogen-bond acceptors (Lipinski definition) is 9. The maximum absolute atomic E-state index is 14.2. The molecule has 244 valence electrons. The van der Waals surface area contributed by atoms with Crippen LogP contribution >= 0.6 is 0 Å². The van der Waals surface area contributed by atoms with Gasteiger partial charge in [0.05, 0.1) is 30.3 Å². The standard InChI is InChI=1S/C32H46N2O9S/c1-30(2,3)43-29(36)33-25(18-23-10-8-7-9-11-23)26(35)20-34(21-31(4,5)14-15-32(6)41-16-17-42-32)44(37,38)24-12-13-27-28(19-24)40-22-39-27/h7-13,19,25-26,35H,14-18,20-22H2,1-6H3,(H,33,36)/t25-,26+/m0/s1. The van der Waals surface area contributed by atoms with Gasteiger partial charge in [0.15, 0.2) is 17.3 Å². The Labute approximate surface area is 260 Å². The molecule has 2 aromatic rings. The second kappa shape index (κ2) is 13.6. The summed E-state index contributed by atoms with van der Waals surface area (Å²) < 4.78 is 57.5.